The fourth-order valence-electron chi connectivity index (χ4n) is 3.89. The standard InChI is InChI=1S/C27H36O8Si/c1-5-6-7-8-17-32-26-14-11-23(12-15-26)27-16-13-25(31)19-24(27)10-9-18-36(33-20(2)28,34-21(3)29)35-22(4)30/h11-16,19,31H,5-10,17-18H2,1-4H3. The molecule has 9 heteroatoms. The van der Waals surface area contributed by atoms with Gasteiger partial charge in [-0.25, -0.2) is 0 Å². The first kappa shape index (κ1) is 28.9. The van der Waals surface area contributed by atoms with Gasteiger partial charge in [-0.3, -0.25) is 14.4 Å². The topological polar surface area (TPSA) is 108 Å². The van der Waals surface area contributed by atoms with E-state index in [-0.39, 0.29) is 11.8 Å². The molecule has 0 aliphatic rings. The van der Waals surface area contributed by atoms with Gasteiger partial charge in [-0.05, 0) is 60.2 Å². The van der Waals surface area contributed by atoms with Crippen LogP contribution in [-0.4, -0.2) is 38.4 Å². The highest BCUT2D eigenvalue weighted by Gasteiger charge is 2.51. The van der Waals surface area contributed by atoms with Crippen LogP contribution in [-0.2, 0) is 34.1 Å². The smallest absolute Gasteiger partial charge is 0.508 e. The van der Waals surface area contributed by atoms with E-state index in [2.05, 4.69) is 6.92 Å². The number of phenolic OH excluding ortho intramolecular Hbond substituents is 1. The Kier molecular flexibility index (Phi) is 11.5. The summed E-state index contributed by atoms with van der Waals surface area (Å²) in [4.78, 5) is 35.0. The summed E-state index contributed by atoms with van der Waals surface area (Å²) in [5.74, 6) is -1.18. The number of hydrogen-bond donors (Lipinski definition) is 1. The van der Waals surface area contributed by atoms with Gasteiger partial charge in [0.15, 0.2) is 0 Å². The van der Waals surface area contributed by atoms with E-state index in [9.17, 15) is 19.5 Å². The number of rotatable bonds is 14. The number of unbranched alkanes of at least 4 members (excludes halogenated alkanes) is 3. The molecule has 36 heavy (non-hydrogen) atoms. The van der Waals surface area contributed by atoms with Crippen molar-refractivity contribution in [3.63, 3.8) is 0 Å². The largest absolute Gasteiger partial charge is 0.705 e. The molecule has 0 aliphatic heterocycles. The summed E-state index contributed by atoms with van der Waals surface area (Å²) in [5.41, 5.74) is 2.72. The van der Waals surface area contributed by atoms with Crippen molar-refractivity contribution >= 4 is 26.7 Å². The van der Waals surface area contributed by atoms with E-state index in [0.717, 1.165) is 35.3 Å². The van der Waals surface area contributed by atoms with Gasteiger partial charge in [0.05, 0.1) is 12.7 Å². The third-order valence-corrected chi connectivity index (χ3v) is 8.11. The van der Waals surface area contributed by atoms with E-state index >= 15 is 0 Å². The fraction of sp³-hybridized carbons (Fsp3) is 0.444. The Bertz CT molecular complexity index is 978. The Labute approximate surface area is 213 Å². The second-order valence-corrected chi connectivity index (χ2v) is 11.1. The van der Waals surface area contributed by atoms with Gasteiger partial charge < -0.3 is 23.1 Å². The summed E-state index contributed by atoms with van der Waals surface area (Å²) < 4.78 is 21.6. The quantitative estimate of drug-likeness (QED) is 0.256. The van der Waals surface area contributed by atoms with E-state index in [1.807, 2.05) is 30.3 Å². The average Bonchev–Trinajstić information content (AvgIpc) is 2.78. The van der Waals surface area contributed by atoms with E-state index in [0.29, 0.717) is 19.4 Å². The highest BCUT2D eigenvalue weighted by Crippen LogP contribution is 2.31. The number of benzene rings is 2. The summed E-state index contributed by atoms with van der Waals surface area (Å²) in [6.07, 6.45) is 5.41. The number of aromatic hydroxyl groups is 1. The maximum atomic E-state index is 11.7. The third kappa shape index (κ3) is 9.73. The highest BCUT2D eigenvalue weighted by molar-refractivity contribution is 6.65. The first-order chi connectivity index (χ1) is 17.1. The van der Waals surface area contributed by atoms with E-state index in [1.165, 1.54) is 33.6 Å². The van der Waals surface area contributed by atoms with Crippen molar-refractivity contribution in [3.8, 4) is 22.6 Å². The van der Waals surface area contributed by atoms with E-state index < -0.39 is 26.7 Å². The zero-order chi connectivity index (χ0) is 26.6. The molecule has 0 atom stereocenters. The van der Waals surface area contributed by atoms with Crippen LogP contribution in [0, 0.1) is 0 Å². The molecule has 0 saturated carbocycles. The molecule has 0 bridgehead atoms. The van der Waals surface area contributed by atoms with Gasteiger partial charge in [0.25, 0.3) is 17.9 Å². The van der Waals surface area contributed by atoms with Crippen LogP contribution in [0.3, 0.4) is 0 Å². The molecule has 8 nitrogen and oxygen atoms in total. The van der Waals surface area contributed by atoms with Crippen molar-refractivity contribution in [2.24, 2.45) is 0 Å². The first-order valence-electron chi connectivity index (χ1n) is 12.3. The van der Waals surface area contributed by atoms with Crippen LogP contribution in [0.5, 0.6) is 11.5 Å². The predicted molar refractivity (Wildman–Crippen MR) is 137 cm³/mol. The zero-order valence-electron chi connectivity index (χ0n) is 21.5. The van der Waals surface area contributed by atoms with Crippen LogP contribution < -0.4 is 4.74 Å². The van der Waals surface area contributed by atoms with Crippen molar-refractivity contribution in [3.05, 3.63) is 48.0 Å². The Morgan fingerprint density at radius 1 is 0.806 bits per heavy atom. The van der Waals surface area contributed by atoms with Gasteiger partial charge in [0, 0.05) is 20.8 Å². The number of carbonyl (C=O) groups excluding carboxylic acids is 3. The minimum Gasteiger partial charge on any atom is -0.508 e. The van der Waals surface area contributed by atoms with Crippen molar-refractivity contribution in [1.29, 1.82) is 0 Å². The molecule has 1 N–H and O–H groups in total. The van der Waals surface area contributed by atoms with Gasteiger partial charge in [0.1, 0.15) is 11.5 Å². The van der Waals surface area contributed by atoms with Crippen molar-refractivity contribution < 1.29 is 37.5 Å². The van der Waals surface area contributed by atoms with Crippen molar-refractivity contribution in [2.75, 3.05) is 6.61 Å². The molecule has 0 fully saturated rings. The molecule has 0 unspecified atom stereocenters. The van der Waals surface area contributed by atoms with Crippen LogP contribution in [0.1, 0.15) is 65.4 Å². The summed E-state index contributed by atoms with van der Waals surface area (Å²) in [5, 5.41) is 10.1. The fourth-order valence-corrected chi connectivity index (χ4v) is 6.24. The lowest BCUT2D eigenvalue weighted by molar-refractivity contribution is -0.147. The molecule has 0 aromatic heterocycles. The Hall–Kier alpha value is -3.33. The third-order valence-electron chi connectivity index (χ3n) is 5.35. The number of phenols is 1. The molecule has 0 spiro atoms. The number of ether oxygens (including phenoxy) is 1. The van der Waals surface area contributed by atoms with Gasteiger partial charge in [-0.15, -0.1) is 0 Å². The molecule has 2 aromatic carbocycles. The minimum atomic E-state index is -3.91. The van der Waals surface area contributed by atoms with Crippen LogP contribution in [0.25, 0.3) is 11.1 Å². The molecule has 0 saturated heterocycles. The molecular formula is C27H36O8Si. The Balaban J connectivity index is 2.15. The maximum Gasteiger partial charge on any atom is 0.705 e. The Morgan fingerprint density at radius 2 is 1.42 bits per heavy atom. The van der Waals surface area contributed by atoms with E-state index in [4.69, 9.17) is 18.0 Å². The number of aryl methyl sites for hydroxylation is 1. The second kappa shape index (κ2) is 14.3. The van der Waals surface area contributed by atoms with E-state index in [1.54, 1.807) is 12.1 Å². The highest BCUT2D eigenvalue weighted by atomic mass is 28.4. The van der Waals surface area contributed by atoms with Crippen LogP contribution in [0.4, 0.5) is 0 Å². The molecule has 0 heterocycles. The molecule has 196 valence electrons. The monoisotopic (exact) mass is 516 g/mol. The SMILES string of the molecule is CCCCCCOc1ccc(-c2ccc(O)cc2CCC[Si](OC(C)=O)(OC(C)=O)OC(C)=O)cc1. The van der Waals surface area contributed by atoms with Crippen molar-refractivity contribution in [1.82, 2.24) is 0 Å². The molecule has 2 aromatic rings. The van der Waals surface area contributed by atoms with Crippen LogP contribution in [0.2, 0.25) is 6.04 Å². The van der Waals surface area contributed by atoms with Gasteiger partial charge in [-0.1, -0.05) is 44.4 Å². The van der Waals surface area contributed by atoms with Gasteiger partial charge in [-0.2, -0.15) is 0 Å². The summed E-state index contributed by atoms with van der Waals surface area (Å²) in [6.45, 7) is 6.36. The lowest BCUT2D eigenvalue weighted by Crippen LogP contribution is -2.49. The first-order valence-corrected chi connectivity index (χ1v) is 14.2. The Morgan fingerprint density at radius 3 is 1.97 bits per heavy atom. The normalized spacial score (nSPS) is 11.0. The average molecular weight is 517 g/mol. The molecule has 2 rings (SSSR count). The number of hydrogen-bond acceptors (Lipinski definition) is 8. The van der Waals surface area contributed by atoms with Crippen LogP contribution >= 0.6 is 0 Å². The minimum absolute atomic E-state index is 0.0612. The van der Waals surface area contributed by atoms with Gasteiger partial charge in [0.2, 0.25) is 0 Å². The summed E-state index contributed by atoms with van der Waals surface area (Å²) in [7, 11) is -3.91. The molecular weight excluding hydrogens is 480 g/mol. The lowest BCUT2D eigenvalue weighted by atomic mass is 9.96. The molecule has 0 radical (unpaired) electrons. The summed E-state index contributed by atoms with van der Waals surface area (Å²) in [6, 6.07) is 13.0. The number of carbonyl (C=O) groups is 3. The second-order valence-electron chi connectivity index (χ2n) is 8.59. The predicted octanol–water partition coefficient (Wildman–Crippen LogP) is 5.58. The zero-order valence-corrected chi connectivity index (χ0v) is 22.5. The van der Waals surface area contributed by atoms with Crippen molar-refractivity contribution in [2.45, 2.75) is 72.3 Å². The lowest BCUT2D eigenvalue weighted by Gasteiger charge is -2.26. The maximum absolute atomic E-state index is 11.7. The molecule has 0 aliphatic carbocycles. The van der Waals surface area contributed by atoms with Gasteiger partial charge >= 0.3 is 8.80 Å². The molecule has 0 amide bonds. The van der Waals surface area contributed by atoms with Crippen LogP contribution in [0.15, 0.2) is 42.5 Å². The summed E-state index contributed by atoms with van der Waals surface area (Å²) >= 11 is 0.